The Bertz CT molecular complexity index is 200. The first-order valence-electron chi connectivity index (χ1n) is 5.02. The molecule has 0 spiro atoms. The second-order valence-electron chi connectivity index (χ2n) is 3.72. The van der Waals surface area contributed by atoms with Crippen LogP contribution in [-0.2, 0) is 9.53 Å². The zero-order valence-corrected chi connectivity index (χ0v) is 8.51. The minimum Gasteiger partial charge on any atom is -0.455 e. The number of hydrogen-bond acceptors (Lipinski definition) is 2. The van der Waals surface area contributed by atoms with Crippen LogP contribution in [0.1, 0.15) is 46.0 Å². The molecule has 2 nitrogen and oxygen atoms in total. The average Bonchev–Trinajstić information content (AvgIpc) is 2.04. The predicted molar refractivity (Wildman–Crippen MR) is 52.4 cm³/mol. The highest BCUT2D eigenvalue weighted by molar-refractivity contribution is 5.66. The topological polar surface area (TPSA) is 26.3 Å². The molecule has 1 saturated carbocycles. The van der Waals surface area contributed by atoms with Gasteiger partial charge in [0.2, 0.25) is 0 Å². The van der Waals surface area contributed by atoms with Gasteiger partial charge in [-0.15, -0.1) is 0 Å². The lowest BCUT2D eigenvalue weighted by molar-refractivity contribution is -0.154. The van der Waals surface area contributed by atoms with Crippen molar-refractivity contribution in [3.05, 3.63) is 12.2 Å². The molecule has 2 heteroatoms. The molecule has 0 aromatic heterocycles. The Labute approximate surface area is 80.0 Å². The Morgan fingerprint density at radius 1 is 1.31 bits per heavy atom. The lowest BCUT2D eigenvalue weighted by atomic mass is 9.84. The number of rotatable bonds is 2. The predicted octanol–water partition coefficient (Wildman–Crippen LogP) is 2.83. The van der Waals surface area contributed by atoms with Crippen molar-refractivity contribution in [2.45, 2.75) is 51.6 Å². The lowest BCUT2D eigenvalue weighted by Gasteiger charge is -2.33. The number of carbonyl (C=O) groups is 1. The van der Waals surface area contributed by atoms with Gasteiger partial charge in [-0.1, -0.05) is 12.5 Å². The standard InChI is InChI=1S/C11H18O2/c1-3-7-11(13-10(2)12)8-5-4-6-9-11/h3,7H,4-6,8-9H2,1-2H3/b7-3+. The Balaban J connectivity index is 2.66. The van der Waals surface area contributed by atoms with E-state index < -0.39 is 0 Å². The highest BCUT2D eigenvalue weighted by Crippen LogP contribution is 2.32. The van der Waals surface area contributed by atoms with Gasteiger partial charge in [-0.05, 0) is 38.7 Å². The second kappa shape index (κ2) is 4.45. The molecule has 1 aliphatic rings. The molecule has 0 aromatic carbocycles. The summed E-state index contributed by atoms with van der Waals surface area (Å²) in [5.41, 5.74) is -0.279. The summed E-state index contributed by atoms with van der Waals surface area (Å²) in [5, 5.41) is 0. The quantitative estimate of drug-likeness (QED) is 0.485. The zero-order chi connectivity index (χ0) is 9.73. The Kier molecular flexibility index (Phi) is 3.52. The number of allylic oxidation sites excluding steroid dienone is 1. The molecule has 0 radical (unpaired) electrons. The summed E-state index contributed by atoms with van der Waals surface area (Å²) < 4.78 is 5.39. The second-order valence-corrected chi connectivity index (χ2v) is 3.72. The fourth-order valence-electron chi connectivity index (χ4n) is 2.04. The molecule has 1 aliphatic carbocycles. The van der Waals surface area contributed by atoms with Gasteiger partial charge in [-0.2, -0.15) is 0 Å². The number of ether oxygens (including phenoxy) is 1. The molecule has 0 saturated heterocycles. The summed E-state index contributed by atoms with van der Waals surface area (Å²) >= 11 is 0. The van der Waals surface area contributed by atoms with Crippen molar-refractivity contribution in [1.82, 2.24) is 0 Å². The minimum absolute atomic E-state index is 0.167. The molecule has 0 atom stereocenters. The van der Waals surface area contributed by atoms with E-state index >= 15 is 0 Å². The van der Waals surface area contributed by atoms with E-state index in [-0.39, 0.29) is 11.6 Å². The lowest BCUT2D eigenvalue weighted by Crippen LogP contribution is -2.34. The third kappa shape index (κ3) is 2.87. The Morgan fingerprint density at radius 3 is 2.38 bits per heavy atom. The maximum absolute atomic E-state index is 10.9. The molecule has 0 amide bonds. The van der Waals surface area contributed by atoms with E-state index in [0.717, 1.165) is 25.7 Å². The van der Waals surface area contributed by atoms with Gasteiger partial charge >= 0.3 is 5.97 Å². The van der Waals surface area contributed by atoms with Crippen LogP contribution in [0.25, 0.3) is 0 Å². The molecule has 0 aliphatic heterocycles. The van der Waals surface area contributed by atoms with Gasteiger partial charge in [-0.3, -0.25) is 4.79 Å². The summed E-state index contributed by atoms with van der Waals surface area (Å²) in [7, 11) is 0. The van der Waals surface area contributed by atoms with Gasteiger partial charge in [0, 0.05) is 6.92 Å². The fraction of sp³-hybridized carbons (Fsp3) is 0.727. The molecule has 0 unspecified atom stereocenters. The van der Waals surface area contributed by atoms with E-state index in [4.69, 9.17) is 4.74 Å². The van der Waals surface area contributed by atoms with Crippen LogP contribution in [-0.4, -0.2) is 11.6 Å². The van der Waals surface area contributed by atoms with Crippen molar-refractivity contribution in [3.63, 3.8) is 0 Å². The molecule has 74 valence electrons. The molecular formula is C11H18O2. The minimum atomic E-state index is -0.279. The highest BCUT2D eigenvalue weighted by atomic mass is 16.6. The first-order chi connectivity index (χ1) is 6.18. The number of carbonyl (C=O) groups excluding carboxylic acids is 1. The average molecular weight is 182 g/mol. The molecule has 0 aromatic rings. The number of hydrogen-bond donors (Lipinski definition) is 0. The van der Waals surface area contributed by atoms with Crippen molar-refractivity contribution in [3.8, 4) is 0 Å². The molecule has 1 fully saturated rings. The molecular weight excluding hydrogens is 164 g/mol. The van der Waals surface area contributed by atoms with Gasteiger partial charge in [0.25, 0.3) is 0 Å². The Morgan fingerprint density at radius 2 is 1.92 bits per heavy atom. The first-order valence-corrected chi connectivity index (χ1v) is 5.02. The van der Waals surface area contributed by atoms with Crippen molar-refractivity contribution < 1.29 is 9.53 Å². The van der Waals surface area contributed by atoms with Crippen LogP contribution < -0.4 is 0 Å². The van der Waals surface area contributed by atoms with Crippen molar-refractivity contribution in [2.75, 3.05) is 0 Å². The molecule has 0 N–H and O–H groups in total. The van der Waals surface area contributed by atoms with Crippen molar-refractivity contribution in [2.24, 2.45) is 0 Å². The van der Waals surface area contributed by atoms with Crippen molar-refractivity contribution >= 4 is 5.97 Å². The van der Waals surface area contributed by atoms with Gasteiger partial charge in [-0.25, -0.2) is 0 Å². The third-order valence-electron chi connectivity index (χ3n) is 2.52. The smallest absolute Gasteiger partial charge is 0.303 e. The van der Waals surface area contributed by atoms with Gasteiger partial charge < -0.3 is 4.74 Å². The summed E-state index contributed by atoms with van der Waals surface area (Å²) in [6.07, 6.45) is 9.57. The Hall–Kier alpha value is -0.790. The van der Waals surface area contributed by atoms with E-state index in [1.165, 1.54) is 13.3 Å². The largest absolute Gasteiger partial charge is 0.455 e. The summed E-state index contributed by atoms with van der Waals surface area (Å²) in [4.78, 5) is 10.9. The van der Waals surface area contributed by atoms with E-state index in [1.807, 2.05) is 19.1 Å². The summed E-state index contributed by atoms with van der Waals surface area (Å²) in [6.45, 7) is 3.46. The first kappa shape index (κ1) is 10.3. The van der Waals surface area contributed by atoms with E-state index in [1.54, 1.807) is 0 Å². The highest BCUT2D eigenvalue weighted by Gasteiger charge is 2.31. The van der Waals surface area contributed by atoms with Crippen LogP contribution in [0.3, 0.4) is 0 Å². The van der Waals surface area contributed by atoms with Crippen LogP contribution in [0.4, 0.5) is 0 Å². The van der Waals surface area contributed by atoms with Crippen LogP contribution in [0.2, 0.25) is 0 Å². The molecule has 0 heterocycles. The van der Waals surface area contributed by atoms with Gasteiger partial charge in [0.05, 0.1) is 0 Å². The maximum atomic E-state index is 10.9. The van der Waals surface area contributed by atoms with Gasteiger partial charge in [0.1, 0.15) is 5.60 Å². The monoisotopic (exact) mass is 182 g/mol. The molecule has 1 rings (SSSR count). The van der Waals surface area contributed by atoms with Crippen LogP contribution in [0.15, 0.2) is 12.2 Å². The van der Waals surface area contributed by atoms with E-state index in [9.17, 15) is 4.79 Å². The fourth-order valence-corrected chi connectivity index (χ4v) is 2.04. The van der Waals surface area contributed by atoms with Crippen LogP contribution >= 0.6 is 0 Å². The molecule has 13 heavy (non-hydrogen) atoms. The summed E-state index contributed by atoms with van der Waals surface area (Å²) in [6, 6.07) is 0. The maximum Gasteiger partial charge on any atom is 0.303 e. The van der Waals surface area contributed by atoms with Gasteiger partial charge in [0.15, 0.2) is 0 Å². The summed E-state index contributed by atoms with van der Waals surface area (Å²) in [5.74, 6) is -0.167. The molecule has 0 bridgehead atoms. The normalized spacial score (nSPS) is 21.7. The third-order valence-corrected chi connectivity index (χ3v) is 2.52. The number of esters is 1. The van der Waals surface area contributed by atoms with E-state index in [0.29, 0.717) is 0 Å². The SMILES string of the molecule is C/C=C/C1(OC(C)=O)CCCCC1. The van der Waals surface area contributed by atoms with Crippen molar-refractivity contribution in [1.29, 1.82) is 0 Å². The zero-order valence-electron chi connectivity index (χ0n) is 8.51. The van der Waals surface area contributed by atoms with E-state index in [2.05, 4.69) is 0 Å². The van der Waals surface area contributed by atoms with Crippen LogP contribution in [0.5, 0.6) is 0 Å². The van der Waals surface area contributed by atoms with Crippen LogP contribution in [0, 0.1) is 0 Å².